The van der Waals surface area contributed by atoms with Crippen LogP contribution in [0.1, 0.15) is 25.3 Å². The molecule has 0 bridgehead atoms. The lowest BCUT2D eigenvalue weighted by Gasteiger charge is -2.47. The quantitative estimate of drug-likeness (QED) is 0.706. The molecule has 1 amide bonds. The van der Waals surface area contributed by atoms with Gasteiger partial charge in [-0.2, -0.15) is 23.4 Å². The Kier molecular flexibility index (Phi) is 4.55. The molecule has 34 heavy (non-hydrogen) atoms. The third-order valence-electron chi connectivity index (χ3n) is 7.24. The Morgan fingerprint density at radius 2 is 2.06 bits per heavy atom. The van der Waals surface area contributed by atoms with Crippen LogP contribution in [0.3, 0.4) is 0 Å². The zero-order valence-electron chi connectivity index (χ0n) is 18.0. The van der Waals surface area contributed by atoms with Gasteiger partial charge in [0.15, 0.2) is 5.82 Å². The number of aromatic nitrogens is 4. The van der Waals surface area contributed by atoms with Crippen LogP contribution in [-0.2, 0) is 11.0 Å². The van der Waals surface area contributed by atoms with Crippen LogP contribution in [0, 0.1) is 11.3 Å². The SMILES string of the molecule is CC1=CC(C(=O)N2CC3CC34CC(Oc3ncc(C(F)(F)F)cc3Cl)C24)=C(n2nccn2)NC1. The highest BCUT2D eigenvalue weighted by Crippen LogP contribution is 2.71. The lowest BCUT2D eigenvalue weighted by molar-refractivity contribution is -0.138. The summed E-state index contributed by atoms with van der Waals surface area (Å²) in [6.45, 7) is 3.12. The smallest absolute Gasteiger partial charge is 0.417 e. The molecule has 1 saturated heterocycles. The fourth-order valence-electron chi connectivity index (χ4n) is 5.57. The second-order valence-corrected chi connectivity index (χ2v) is 9.74. The van der Waals surface area contributed by atoms with Gasteiger partial charge in [0.25, 0.3) is 5.91 Å². The Balaban J connectivity index is 1.27. The molecule has 1 N–H and O–H groups in total. The maximum atomic E-state index is 13.7. The molecule has 4 heterocycles. The number of piperidine rings is 1. The number of alkyl halides is 3. The van der Waals surface area contributed by atoms with Gasteiger partial charge in [-0.15, -0.1) is 4.80 Å². The molecule has 0 aromatic carbocycles. The molecule has 4 unspecified atom stereocenters. The molecular formula is C22H20ClF3N6O2. The number of hydrogen-bond donors (Lipinski definition) is 1. The molecule has 2 aliphatic heterocycles. The number of hydrogen-bond acceptors (Lipinski definition) is 6. The molecule has 4 atom stereocenters. The van der Waals surface area contributed by atoms with Crippen LogP contribution in [0.4, 0.5) is 13.2 Å². The first-order chi connectivity index (χ1) is 16.2. The topological polar surface area (TPSA) is 85.2 Å². The van der Waals surface area contributed by atoms with Crippen molar-refractivity contribution in [3.8, 4) is 5.88 Å². The lowest BCUT2D eigenvalue weighted by Crippen LogP contribution is -2.59. The molecule has 0 radical (unpaired) electrons. The minimum Gasteiger partial charge on any atom is -0.471 e. The van der Waals surface area contributed by atoms with E-state index in [0.29, 0.717) is 43.0 Å². The first kappa shape index (κ1) is 21.5. The number of carbonyl (C=O) groups is 1. The number of nitrogens with one attached hydrogen (secondary N) is 1. The van der Waals surface area contributed by atoms with Crippen molar-refractivity contribution >= 4 is 23.3 Å². The molecule has 1 spiro atoms. The van der Waals surface area contributed by atoms with Crippen molar-refractivity contribution in [1.82, 2.24) is 30.2 Å². The Morgan fingerprint density at radius 1 is 1.29 bits per heavy atom. The van der Waals surface area contributed by atoms with E-state index < -0.39 is 17.8 Å². The molecule has 12 heteroatoms. The van der Waals surface area contributed by atoms with Gasteiger partial charge in [-0.3, -0.25) is 4.79 Å². The largest absolute Gasteiger partial charge is 0.471 e. The highest BCUT2D eigenvalue weighted by atomic mass is 35.5. The zero-order chi connectivity index (χ0) is 23.8. The first-order valence-corrected chi connectivity index (χ1v) is 11.3. The Labute approximate surface area is 197 Å². The van der Waals surface area contributed by atoms with Crippen molar-refractivity contribution in [2.75, 3.05) is 13.1 Å². The van der Waals surface area contributed by atoms with Crippen molar-refractivity contribution in [3.05, 3.63) is 52.5 Å². The summed E-state index contributed by atoms with van der Waals surface area (Å²) < 4.78 is 44.8. The van der Waals surface area contributed by atoms with Crippen molar-refractivity contribution in [2.45, 2.75) is 38.1 Å². The number of halogens is 4. The van der Waals surface area contributed by atoms with Gasteiger partial charge in [-0.1, -0.05) is 17.2 Å². The van der Waals surface area contributed by atoms with Crippen molar-refractivity contribution in [3.63, 3.8) is 0 Å². The van der Waals surface area contributed by atoms with E-state index in [0.717, 1.165) is 18.1 Å². The minimum atomic E-state index is -4.54. The maximum Gasteiger partial charge on any atom is 0.417 e. The number of amides is 1. The number of likely N-dealkylation sites (tertiary alicyclic amines) is 1. The Hall–Kier alpha value is -3.08. The van der Waals surface area contributed by atoms with Crippen molar-refractivity contribution < 1.29 is 22.7 Å². The van der Waals surface area contributed by atoms with E-state index in [1.807, 2.05) is 17.9 Å². The summed E-state index contributed by atoms with van der Waals surface area (Å²) in [5.74, 6) is 0.697. The number of nitrogens with zero attached hydrogens (tertiary/aromatic N) is 5. The molecule has 2 aromatic heterocycles. The highest BCUT2D eigenvalue weighted by Gasteiger charge is 2.76. The van der Waals surface area contributed by atoms with Gasteiger partial charge in [0, 0.05) is 24.7 Å². The summed E-state index contributed by atoms with van der Waals surface area (Å²) >= 11 is 6.05. The second-order valence-electron chi connectivity index (χ2n) is 9.33. The van der Waals surface area contributed by atoms with Crippen LogP contribution in [0.5, 0.6) is 5.88 Å². The maximum absolute atomic E-state index is 13.7. The van der Waals surface area contributed by atoms with E-state index in [1.165, 1.54) is 4.80 Å². The standard InChI is InChI=1S/C22H20ClF3N6O2/c1-11-4-14(18(27-8-11)32-29-2-3-30-32)20(33)31-10-13-6-21(13)7-16(17(21)31)34-19-15(23)5-12(9-28-19)22(24,25)26/h2-5,9,13,16-17,27H,6-8,10H2,1H3. The molecule has 2 aliphatic carbocycles. The molecule has 178 valence electrons. The Morgan fingerprint density at radius 3 is 2.76 bits per heavy atom. The monoisotopic (exact) mass is 492 g/mol. The van der Waals surface area contributed by atoms with E-state index in [-0.39, 0.29) is 28.3 Å². The fourth-order valence-corrected chi connectivity index (χ4v) is 5.79. The second kappa shape index (κ2) is 7.21. The van der Waals surface area contributed by atoms with Gasteiger partial charge >= 0.3 is 6.18 Å². The average Bonchev–Trinajstić information content (AvgIpc) is 3.14. The van der Waals surface area contributed by atoms with Crippen molar-refractivity contribution in [2.24, 2.45) is 11.3 Å². The van der Waals surface area contributed by atoms with Gasteiger partial charge < -0.3 is 15.0 Å². The number of pyridine rings is 1. The summed E-state index contributed by atoms with van der Waals surface area (Å²) in [6, 6.07) is 0.616. The molecule has 8 nitrogen and oxygen atoms in total. The van der Waals surface area contributed by atoms with Gasteiger partial charge in [0.1, 0.15) is 11.1 Å². The van der Waals surface area contributed by atoms with Gasteiger partial charge in [-0.25, -0.2) is 4.98 Å². The number of carbonyl (C=O) groups excluding carboxylic acids is 1. The molecular weight excluding hydrogens is 473 g/mol. The van der Waals surface area contributed by atoms with E-state index in [1.54, 1.807) is 12.4 Å². The Bertz CT molecular complexity index is 1240. The van der Waals surface area contributed by atoms with E-state index in [9.17, 15) is 18.0 Å². The summed E-state index contributed by atoms with van der Waals surface area (Å²) in [5.41, 5.74) is 0.534. The van der Waals surface area contributed by atoms with E-state index in [2.05, 4.69) is 20.5 Å². The third kappa shape index (κ3) is 3.20. The summed E-state index contributed by atoms with van der Waals surface area (Å²) in [7, 11) is 0. The van der Waals surface area contributed by atoms with E-state index in [4.69, 9.17) is 16.3 Å². The van der Waals surface area contributed by atoms with E-state index >= 15 is 0 Å². The van der Waals surface area contributed by atoms with Crippen LogP contribution >= 0.6 is 11.6 Å². The fraction of sp³-hybridized carbons (Fsp3) is 0.455. The van der Waals surface area contributed by atoms with Gasteiger partial charge in [0.05, 0.1) is 29.6 Å². The van der Waals surface area contributed by atoms with Crippen molar-refractivity contribution in [1.29, 1.82) is 0 Å². The van der Waals surface area contributed by atoms with Crippen LogP contribution in [0.25, 0.3) is 5.82 Å². The number of ether oxygens (including phenoxy) is 1. The predicted octanol–water partition coefficient (Wildman–Crippen LogP) is 3.13. The number of dihydropyridines is 1. The van der Waals surface area contributed by atoms with Gasteiger partial charge in [-0.05, 0) is 37.8 Å². The third-order valence-corrected chi connectivity index (χ3v) is 7.51. The van der Waals surface area contributed by atoms with Crippen LogP contribution in [-0.4, -0.2) is 56.0 Å². The molecule has 2 aromatic rings. The minimum absolute atomic E-state index is 0.00421. The van der Waals surface area contributed by atoms with Crippen LogP contribution in [0.15, 0.2) is 41.9 Å². The summed E-state index contributed by atoms with van der Waals surface area (Å²) in [4.78, 5) is 20.7. The molecule has 3 fully saturated rings. The summed E-state index contributed by atoms with van der Waals surface area (Å²) in [6.07, 6.45) is 2.42. The lowest BCUT2D eigenvalue weighted by atomic mass is 9.73. The summed E-state index contributed by atoms with van der Waals surface area (Å²) in [5, 5.41) is 11.3. The van der Waals surface area contributed by atoms with Crippen LogP contribution in [0.2, 0.25) is 5.02 Å². The molecule has 6 rings (SSSR count). The van der Waals surface area contributed by atoms with Crippen LogP contribution < -0.4 is 10.1 Å². The molecule has 4 aliphatic rings. The highest BCUT2D eigenvalue weighted by molar-refractivity contribution is 6.31. The number of rotatable bonds is 4. The predicted molar refractivity (Wildman–Crippen MR) is 114 cm³/mol. The average molecular weight is 493 g/mol. The normalized spacial score (nSPS) is 29.6. The first-order valence-electron chi connectivity index (χ1n) is 10.9. The van der Waals surface area contributed by atoms with Gasteiger partial charge in [0.2, 0.25) is 5.88 Å². The zero-order valence-corrected chi connectivity index (χ0v) is 18.8. The molecule has 2 saturated carbocycles.